The van der Waals surface area contributed by atoms with Crippen LogP contribution >= 0.6 is 0 Å². The van der Waals surface area contributed by atoms with Crippen LogP contribution in [0.25, 0.3) is 11.4 Å². The van der Waals surface area contributed by atoms with Gasteiger partial charge in [-0.2, -0.15) is 9.97 Å². The summed E-state index contributed by atoms with van der Waals surface area (Å²) in [6.45, 7) is 3.75. The molecule has 0 unspecified atom stereocenters. The maximum Gasteiger partial charge on any atom is 0.269 e. The van der Waals surface area contributed by atoms with Gasteiger partial charge in [0.1, 0.15) is 5.82 Å². The van der Waals surface area contributed by atoms with Gasteiger partial charge in [-0.3, -0.25) is 10.1 Å². The second kappa shape index (κ2) is 5.43. The number of rotatable bonds is 3. The molecule has 0 N–H and O–H groups in total. The van der Waals surface area contributed by atoms with Crippen molar-refractivity contribution in [3.63, 3.8) is 0 Å². The number of nitro groups is 1. The Balaban J connectivity index is 1.95. The van der Waals surface area contributed by atoms with E-state index in [1.54, 1.807) is 12.1 Å². The first-order valence-corrected chi connectivity index (χ1v) is 6.86. The Labute approximate surface area is 121 Å². The summed E-state index contributed by atoms with van der Waals surface area (Å²) in [5.74, 6) is 1.90. The van der Waals surface area contributed by atoms with Crippen molar-refractivity contribution >= 4 is 11.6 Å². The Bertz CT molecular complexity index is 666. The van der Waals surface area contributed by atoms with E-state index in [1.165, 1.54) is 12.1 Å². The highest BCUT2D eigenvalue weighted by atomic mass is 16.6. The average molecular weight is 285 g/mol. The lowest BCUT2D eigenvalue weighted by Crippen LogP contribution is -2.21. The van der Waals surface area contributed by atoms with Gasteiger partial charge in [0.25, 0.3) is 5.69 Å². The number of non-ortho nitro benzene ring substituents is 1. The standard InChI is InChI=1S/C14H15N5O2/c1-10-15-13(11-4-6-12(7-5-11)19(20)21)17-14(16-10)18-8-2-3-9-18/h4-7H,2-3,8-9H2,1H3. The molecule has 0 spiro atoms. The minimum atomic E-state index is -0.419. The Hall–Kier alpha value is -2.57. The van der Waals surface area contributed by atoms with E-state index < -0.39 is 4.92 Å². The number of anilines is 1. The monoisotopic (exact) mass is 285 g/mol. The van der Waals surface area contributed by atoms with Crippen molar-refractivity contribution in [1.82, 2.24) is 15.0 Å². The molecule has 1 aliphatic heterocycles. The lowest BCUT2D eigenvalue weighted by molar-refractivity contribution is -0.384. The van der Waals surface area contributed by atoms with Gasteiger partial charge in [0.2, 0.25) is 5.95 Å². The van der Waals surface area contributed by atoms with E-state index in [9.17, 15) is 10.1 Å². The molecule has 21 heavy (non-hydrogen) atoms. The molecule has 1 saturated heterocycles. The van der Waals surface area contributed by atoms with Crippen molar-refractivity contribution < 1.29 is 4.92 Å². The molecule has 7 heteroatoms. The van der Waals surface area contributed by atoms with Gasteiger partial charge < -0.3 is 4.90 Å². The molecule has 2 heterocycles. The van der Waals surface area contributed by atoms with Crippen LogP contribution in [0.2, 0.25) is 0 Å². The second-order valence-corrected chi connectivity index (χ2v) is 5.00. The van der Waals surface area contributed by atoms with Gasteiger partial charge in [-0.1, -0.05) is 0 Å². The minimum absolute atomic E-state index is 0.0595. The van der Waals surface area contributed by atoms with Crippen LogP contribution in [-0.2, 0) is 0 Å². The second-order valence-electron chi connectivity index (χ2n) is 5.00. The Morgan fingerprint density at radius 2 is 1.76 bits per heavy atom. The van der Waals surface area contributed by atoms with E-state index in [4.69, 9.17) is 0 Å². The molecule has 1 fully saturated rings. The molecule has 2 aromatic rings. The van der Waals surface area contributed by atoms with Gasteiger partial charge in [0, 0.05) is 30.8 Å². The zero-order valence-electron chi connectivity index (χ0n) is 11.7. The third kappa shape index (κ3) is 2.81. The Kier molecular flexibility index (Phi) is 3.47. The maximum atomic E-state index is 10.7. The van der Waals surface area contributed by atoms with Crippen molar-refractivity contribution in [2.75, 3.05) is 18.0 Å². The van der Waals surface area contributed by atoms with E-state index in [0.717, 1.165) is 31.5 Å². The topological polar surface area (TPSA) is 85.0 Å². The van der Waals surface area contributed by atoms with Gasteiger partial charge in [-0.25, -0.2) is 4.98 Å². The molecule has 0 saturated carbocycles. The van der Waals surface area contributed by atoms with Crippen LogP contribution in [0, 0.1) is 17.0 Å². The molecule has 1 aromatic carbocycles. The third-order valence-electron chi connectivity index (χ3n) is 3.46. The lowest BCUT2D eigenvalue weighted by atomic mass is 10.2. The van der Waals surface area contributed by atoms with E-state index in [1.807, 2.05) is 6.92 Å². The van der Waals surface area contributed by atoms with Crippen LogP contribution in [0.1, 0.15) is 18.7 Å². The number of aryl methyl sites for hydroxylation is 1. The first kappa shape index (κ1) is 13.4. The highest BCUT2D eigenvalue weighted by Gasteiger charge is 2.17. The summed E-state index contributed by atoms with van der Waals surface area (Å²) in [6.07, 6.45) is 2.30. The molecular weight excluding hydrogens is 270 g/mol. The fourth-order valence-corrected chi connectivity index (χ4v) is 2.39. The van der Waals surface area contributed by atoms with E-state index >= 15 is 0 Å². The van der Waals surface area contributed by atoms with Gasteiger partial charge in [-0.05, 0) is 31.9 Å². The zero-order chi connectivity index (χ0) is 14.8. The molecule has 108 valence electrons. The van der Waals surface area contributed by atoms with Crippen LogP contribution in [-0.4, -0.2) is 33.0 Å². The number of hydrogen-bond acceptors (Lipinski definition) is 6. The zero-order valence-corrected chi connectivity index (χ0v) is 11.7. The van der Waals surface area contributed by atoms with Crippen LogP contribution in [0.4, 0.5) is 11.6 Å². The molecule has 0 bridgehead atoms. The fourth-order valence-electron chi connectivity index (χ4n) is 2.39. The normalized spacial score (nSPS) is 14.4. The highest BCUT2D eigenvalue weighted by Crippen LogP contribution is 2.22. The third-order valence-corrected chi connectivity index (χ3v) is 3.46. The maximum absolute atomic E-state index is 10.7. The number of nitro benzene ring substituents is 1. The fraction of sp³-hybridized carbons (Fsp3) is 0.357. The molecule has 0 amide bonds. The Morgan fingerprint density at radius 3 is 2.38 bits per heavy atom. The molecule has 1 aliphatic rings. The summed E-state index contributed by atoms with van der Waals surface area (Å²) in [5, 5.41) is 10.7. The first-order valence-electron chi connectivity index (χ1n) is 6.86. The molecule has 7 nitrogen and oxygen atoms in total. The summed E-state index contributed by atoms with van der Waals surface area (Å²) in [4.78, 5) is 25.6. The molecule has 0 aliphatic carbocycles. The largest absolute Gasteiger partial charge is 0.341 e. The highest BCUT2D eigenvalue weighted by molar-refractivity contribution is 5.58. The van der Waals surface area contributed by atoms with E-state index in [-0.39, 0.29) is 5.69 Å². The predicted molar refractivity (Wildman–Crippen MR) is 78.1 cm³/mol. The first-order chi connectivity index (χ1) is 10.1. The molecule has 0 radical (unpaired) electrons. The number of benzene rings is 1. The van der Waals surface area contributed by atoms with Gasteiger partial charge in [0.05, 0.1) is 4.92 Å². The van der Waals surface area contributed by atoms with Crippen molar-refractivity contribution in [3.8, 4) is 11.4 Å². The summed E-state index contributed by atoms with van der Waals surface area (Å²) in [6, 6.07) is 6.26. The van der Waals surface area contributed by atoms with Crippen LogP contribution in [0.5, 0.6) is 0 Å². The van der Waals surface area contributed by atoms with Gasteiger partial charge in [0.15, 0.2) is 5.82 Å². The Morgan fingerprint density at radius 1 is 1.10 bits per heavy atom. The summed E-state index contributed by atoms with van der Waals surface area (Å²) in [5.41, 5.74) is 0.816. The van der Waals surface area contributed by atoms with Crippen molar-refractivity contribution in [2.24, 2.45) is 0 Å². The predicted octanol–water partition coefficient (Wildman–Crippen LogP) is 2.36. The van der Waals surface area contributed by atoms with Crippen molar-refractivity contribution in [3.05, 3.63) is 40.2 Å². The smallest absolute Gasteiger partial charge is 0.269 e. The van der Waals surface area contributed by atoms with Crippen LogP contribution in [0.3, 0.4) is 0 Å². The van der Waals surface area contributed by atoms with Crippen molar-refractivity contribution in [2.45, 2.75) is 19.8 Å². The van der Waals surface area contributed by atoms with E-state index in [0.29, 0.717) is 17.6 Å². The SMILES string of the molecule is Cc1nc(-c2ccc([N+](=O)[O-])cc2)nc(N2CCCC2)n1. The number of hydrogen-bond donors (Lipinski definition) is 0. The lowest BCUT2D eigenvalue weighted by Gasteiger charge is -2.15. The molecule has 0 atom stereocenters. The van der Waals surface area contributed by atoms with E-state index in [2.05, 4.69) is 19.9 Å². The van der Waals surface area contributed by atoms with Crippen LogP contribution < -0.4 is 4.90 Å². The number of aromatic nitrogens is 3. The summed E-state index contributed by atoms with van der Waals surface area (Å²) < 4.78 is 0. The molecule has 3 rings (SSSR count). The van der Waals surface area contributed by atoms with Gasteiger partial charge >= 0.3 is 0 Å². The minimum Gasteiger partial charge on any atom is -0.341 e. The van der Waals surface area contributed by atoms with Crippen molar-refractivity contribution in [1.29, 1.82) is 0 Å². The number of nitrogens with zero attached hydrogens (tertiary/aromatic N) is 5. The van der Waals surface area contributed by atoms with Gasteiger partial charge in [-0.15, -0.1) is 0 Å². The quantitative estimate of drug-likeness (QED) is 0.635. The molecule has 1 aromatic heterocycles. The molecular formula is C14H15N5O2. The average Bonchev–Trinajstić information content (AvgIpc) is 3.01. The summed E-state index contributed by atoms with van der Waals surface area (Å²) in [7, 11) is 0. The van der Waals surface area contributed by atoms with Crippen LogP contribution in [0.15, 0.2) is 24.3 Å². The summed E-state index contributed by atoms with van der Waals surface area (Å²) >= 11 is 0.